The molecule has 0 unspecified atom stereocenters. The Balaban J connectivity index is 1.97. The number of ether oxygens (including phenoxy) is 1. The average molecular weight is 280 g/mol. The molecule has 0 radical (unpaired) electrons. The molecule has 3 rings (SSSR count). The van der Waals surface area contributed by atoms with Gasteiger partial charge < -0.3 is 9.30 Å². The van der Waals surface area contributed by atoms with Crippen LogP contribution in [0, 0.1) is 12.8 Å². The van der Waals surface area contributed by atoms with Gasteiger partial charge in [0.25, 0.3) is 0 Å². The summed E-state index contributed by atoms with van der Waals surface area (Å²) in [6, 6.07) is 4.01. The van der Waals surface area contributed by atoms with Crippen LogP contribution in [0.1, 0.15) is 24.4 Å². The van der Waals surface area contributed by atoms with E-state index < -0.39 is 0 Å². The number of hydrogen-bond donors (Lipinski definition) is 0. The third-order valence-electron chi connectivity index (χ3n) is 3.71. The van der Waals surface area contributed by atoms with Crippen molar-refractivity contribution in [3.63, 3.8) is 0 Å². The van der Waals surface area contributed by atoms with Crippen LogP contribution >= 0.6 is 11.6 Å². The van der Waals surface area contributed by atoms with Crippen LogP contribution in [0.2, 0.25) is 0 Å². The largest absolute Gasteiger partial charge is 0.381 e. The van der Waals surface area contributed by atoms with Gasteiger partial charge in [-0.2, -0.15) is 0 Å². The van der Waals surface area contributed by atoms with Gasteiger partial charge in [0, 0.05) is 25.5 Å². The van der Waals surface area contributed by atoms with E-state index >= 15 is 0 Å². The third kappa shape index (κ3) is 2.60. The predicted octanol–water partition coefficient (Wildman–Crippen LogP) is 2.91. The van der Waals surface area contributed by atoms with Gasteiger partial charge in [-0.1, -0.05) is 0 Å². The van der Waals surface area contributed by atoms with E-state index in [1.54, 1.807) is 0 Å². The van der Waals surface area contributed by atoms with Gasteiger partial charge >= 0.3 is 0 Å². The van der Waals surface area contributed by atoms with Crippen LogP contribution in [0.15, 0.2) is 12.1 Å². The van der Waals surface area contributed by atoms with Gasteiger partial charge in [0.2, 0.25) is 0 Å². The van der Waals surface area contributed by atoms with Crippen LogP contribution in [-0.4, -0.2) is 27.7 Å². The Bertz CT molecular complexity index is 575. The van der Waals surface area contributed by atoms with Crippen molar-refractivity contribution in [3.05, 3.63) is 23.7 Å². The SMILES string of the molecule is Cc1ccc2nc(CCl)n(CC3CCOCC3)c2n1. The summed E-state index contributed by atoms with van der Waals surface area (Å²) in [7, 11) is 0. The molecule has 1 saturated heterocycles. The molecule has 102 valence electrons. The van der Waals surface area contributed by atoms with Crippen molar-refractivity contribution in [2.45, 2.75) is 32.2 Å². The second kappa shape index (κ2) is 5.47. The molecule has 4 nitrogen and oxygen atoms in total. The summed E-state index contributed by atoms with van der Waals surface area (Å²) in [5.74, 6) is 1.98. The molecule has 2 aromatic rings. The Morgan fingerprint density at radius 2 is 2.11 bits per heavy atom. The summed E-state index contributed by atoms with van der Waals surface area (Å²) in [4.78, 5) is 9.20. The van der Waals surface area contributed by atoms with Crippen molar-refractivity contribution in [1.82, 2.24) is 14.5 Å². The molecule has 0 saturated carbocycles. The van der Waals surface area contributed by atoms with Crippen molar-refractivity contribution >= 4 is 22.8 Å². The fourth-order valence-electron chi connectivity index (χ4n) is 2.62. The van der Waals surface area contributed by atoms with Crippen molar-refractivity contribution in [2.75, 3.05) is 13.2 Å². The van der Waals surface area contributed by atoms with Gasteiger partial charge in [-0.3, -0.25) is 0 Å². The number of hydrogen-bond acceptors (Lipinski definition) is 3. The predicted molar refractivity (Wildman–Crippen MR) is 75.4 cm³/mol. The number of aryl methyl sites for hydroxylation is 1. The zero-order valence-electron chi connectivity index (χ0n) is 11.1. The Kier molecular flexibility index (Phi) is 3.71. The number of nitrogens with zero attached hydrogens (tertiary/aromatic N) is 3. The Labute approximate surface area is 117 Å². The number of fused-ring (bicyclic) bond motifs is 1. The van der Waals surface area contributed by atoms with Gasteiger partial charge in [-0.15, -0.1) is 11.6 Å². The highest BCUT2D eigenvalue weighted by atomic mass is 35.5. The molecule has 1 fully saturated rings. The number of halogens is 1. The lowest BCUT2D eigenvalue weighted by molar-refractivity contribution is 0.0613. The molecular weight excluding hydrogens is 262 g/mol. The molecule has 19 heavy (non-hydrogen) atoms. The van der Waals surface area contributed by atoms with Gasteiger partial charge in [0.05, 0.1) is 5.88 Å². The summed E-state index contributed by atoms with van der Waals surface area (Å²) < 4.78 is 7.60. The van der Waals surface area contributed by atoms with Gasteiger partial charge in [-0.05, 0) is 37.8 Å². The highest BCUT2D eigenvalue weighted by Gasteiger charge is 2.18. The van der Waals surface area contributed by atoms with Gasteiger partial charge in [-0.25, -0.2) is 9.97 Å². The van der Waals surface area contributed by atoms with Crippen LogP contribution in [0.25, 0.3) is 11.2 Å². The van der Waals surface area contributed by atoms with E-state index in [1.165, 1.54) is 0 Å². The second-order valence-electron chi connectivity index (χ2n) is 5.12. The number of imidazole rings is 1. The molecule has 0 N–H and O–H groups in total. The minimum Gasteiger partial charge on any atom is -0.381 e. The first kappa shape index (κ1) is 12.9. The zero-order chi connectivity index (χ0) is 13.2. The van der Waals surface area contributed by atoms with Crippen LogP contribution in [0.3, 0.4) is 0 Å². The number of pyridine rings is 1. The second-order valence-corrected chi connectivity index (χ2v) is 5.39. The van der Waals surface area contributed by atoms with Crippen molar-refractivity contribution in [1.29, 1.82) is 0 Å². The maximum Gasteiger partial charge on any atom is 0.160 e. The molecule has 2 aromatic heterocycles. The Morgan fingerprint density at radius 3 is 2.84 bits per heavy atom. The smallest absolute Gasteiger partial charge is 0.160 e. The summed E-state index contributed by atoms with van der Waals surface area (Å²) in [5, 5.41) is 0. The lowest BCUT2D eigenvalue weighted by Crippen LogP contribution is -2.21. The molecule has 1 aliphatic rings. The van der Waals surface area contributed by atoms with Crippen LogP contribution in [0.4, 0.5) is 0 Å². The van der Waals surface area contributed by atoms with E-state index in [2.05, 4.69) is 14.5 Å². The first-order valence-corrected chi connectivity index (χ1v) is 7.28. The van der Waals surface area contributed by atoms with E-state index in [4.69, 9.17) is 16.3 Å². The topological polar surface area (TPSA) is 39.9 Å². The van der Waals surface area contributed by atoms with Crippen LogP contribution in [0.5, 0.6) is 0 Å². The maximum atomic E-state index is 6.03. The van der Waals surface area contributed by atoms with Crippen molar-refractivity contribution in [2.24, 2.45) is 5.92 Å². The highest BCUT2D eigenvalue weighted by Crippen LogP contribution is 2.22. The molecule has 1 aliphatic heterocycles. The van der Waals surface area contributed by atoms with E-state index in [0.29, 0.717) is 11.8 Å². The monoisotopic (exact) mass is 279 g/mol. The Hall–Kier alpha value is -1.13. The van der Waals surface area contributed by atoms with Crippen molar-refractivity contribution < 1.29 is 4.74 Å². The van der Waals surface area contributed by atoms with Crippen LogP contribution in [-0.2, 0) is 17.2 Å². The molecule has 3 heterocycles. The number of aromatic nitrogens is 3. The molecule has 5 heteroatoms. The maximum absolute atomic E-state index is 6.03. The Morgan fingerprint density at radius 1 is 1.32 bits per heavy atom. The molecular formula is C14H18ClN3O. The average Bonchev–Trinajstić information content (AvgIpc) is 2.78. The first-order chi connectivity index (χ1) is 9.28. The minimum atomic E-state index is 0.429. The molecule has 0 atom stereocenters. The fourth-order valence-corrected chi connectivity index (χ4v) is 2.83. The first-order valence-electron chi connectivity index (χ1n) is 6.74. The lowest BCUT2D eigenvalue weighted by Gasteiger charge is -2.23. The number of alkyl halides is 1. The van der Waals surface area contributed by atoms with Gasteiger partial charge in [0.15, 0.2) is 5.65 Å². The molecule has 0 spiro atoms. The normalized spacial score (nSPS) is 17.2. The summed E-state index contributed by atoms with van der Waals surface area (Å²) in [6.07, 6.45) is 2.21. The van der Waals surface area contributed by atoms with Crippen molar-refractivity contribution in [3.8, 4) is 0 Å². The number of rotatable bonds is 3. The molecule has 0 aliphatic carbocycles. The lowest BCUT2D eigenvalue weighted by atomic mass is 10.0. The standard InChI is InChI=1S/C14H18ClN3O/c1-10-2-3-12-14(16-10)18(13(8-15)17-12)9-11-4-6-19-7-5-11/h2-3,11H,4-9H2,1H3. The molecule has 0 bridgehead atoms. The zero-order valence-corrected chi connectivity index (χ0v) is 11.9. The summed E-state index contributed by atoms with van der Waals surface area (Å²) in [6.45, 7) is 4.67. The van der Waals surface area contributed by atoms with Gasteiger partial charge in [0.1, 0.15) is 11.3 Å². The quantitative estimate of drug-likeness (QED) is 0.811. The minimum absolute atomic E-state index is 0.429. The summed E-state index contributed by atoms with van der Waals surface area (Å²) >= 11 is 6.03. The van der Waals surface area contributed by atoms with Crippen LogP contribution < -0.4 is 0 Å². The molecule has 0 aromatic carbocycles. The van der Waals surface area contributed by atoms with E-state index in [-0.39, 0.29) is 0 Å². The summed E-state index contributed by atoms with van der Waals surface area (Å²) in [5.41, 5.74) is 2.91. The third-order valence-corrected chi connectivity index (χ3v) is 3.95. The fraction of sp³-hybridized carbons (Fsp3) is 0.571. The van der Waals surface area contributed by atoms with E-state index in [9.17, 15) is 0 Å². The molecule has 0 amide bonds. The van der Waals surface area contributed by atoms with E-state index in [1.807, 2.05) is 19.1 Å². The van der Waals surface area contributed by atoms with E-state index in [0.717, 1.165) is 55.3 Å². The highest BCUT2D eigenvalue weighted by molar-refractivity contribution is 6.16.